The fourth-order valence-corrected chi connectivity index (χ4v) is 3.63. The first-order valence-electron chi connectivity index (χ1n) is 9.64. The number of aryl methyl sites for hydroxylation is 2. The molecule has 0 spiro atoms. The van der Waals surface area contributed by atoms with Crippen molar-refractivity contribution < 1.29 is 9.53 Å². The number of benzene rings is 3. The lowest BCUT2D eigenvalue weighted by atomic mass is 10.0. The van der Waals surface area contributed by atoms with Gasteiger partial charge in [0.2, 0.25) is 0 Å². The second kappa shape index (κ2) is 7.87. The maximum atomic E-state index is 13.4. The molecule has 0 atom stereocenters. The van der Waals surface area contributed by atoms with Crippen LogP contribution in [0.3, 0.4) is 0 Å². The molecular formula is C25H22N2O3. The molecule has 5 nitrogen and oxygen atoms in total. The number of nitrogens with zero attached hydrogens (tertiary/aromatic N) is 1. The first-order chi connectivity index (χ1) is 14.5. The highest BCUT2D eigenvalue weighted by Crippen LogP contribution is 2.29. The second-order valence-electron chi connectivity index (χ2n) is 7.18. The summed E-state index contributed by atoms with van der Waals surface area (Å²) < 4.78 is 7.02. The van der Waals surface area contributed by atoms with Crippen molar-refractivity contribution in [2.45, 2.75) is 6.92 Å². The molecule has 0 aliphatic carbocycles. The lowest BCUT2D eigenvalue weighted by Crippen LogP contribution is -2.21. The van der Waals surface area contributed by atoms with E-state index in [0.717, 1.165) is 16.6 Å². The van der Waals surface area contributed by atoms with Gasteiger partial charge in [0.15, 0.2) is 5.43 Å². The molecule has 1 heterocycles. The zero-order chi connectivity index (χ0) is 21.3. The Morgan fingerprint density at radius 3 is 2.40 bits per heavy atom. The topological polar surface area (TPSA) is 60.3 Å². The third-order valence-electron chi connectivity index (χ3n) is 5.20. The van der Waals surface area contributed by atoms with Gasteiger partial charge in [0, 0.05) is 18.0 Å². The van der Waals surface area contributed by atoms with E-state index in [1.54, 1.807) is 31.4 Å². The van der Waals surface area contributed by atoms with Gasteiger partial charge in [0.25, 0.3) is 5.91 Å². The number of fused-ring (bicyclic) bond motifs is 1. The van der Waals surface area contributed by atoms with Crippen molar-refractivity contribution >= 4 is 22.6 Å². The monoisotopic (exact) mass is 398 g/mol. The molecule has 1 N–H and O–H groups in total. The van der Waals surface area contributed by atoms with E-state index in [9.17, 15) is 9.59 Å². The smallest absolute Gasteiger partial charge is 0.256 e. The van der Waals surface area contributed by atoms with Crippen LogP contribution in [0, 0.1) is 6.92 Å². The summed E-state index contributed by atoms with van der Waals surface area (Å²) in [6.07, 6.45) is 0. The van der Waals surface area contributed by atoms with Gasteiger partial charge in [-0.3, -0.25) is 9.59 Å². The number of hydrogen-bond acceptors (Lipinski definition) is 3. The number of ether oxygens (including phenoxy) is 1. The maximum Gasteiger partial charge on any atom is 0.256 e. The number of carbonyl (C=O) groups is 1. The maximum absolute atomic E-state index is 13.4. The Morgan fingerprint density at radius 2 is 1.70 bits per heavy atom. The number of anilines is 1. The number of rotatable bonds is 4. The number of nitrogens with one attached hydrogen (secondary N) is 1. The van der Waals surface area contributed by atoms with Crippen molar-refractivity contribution in [2.75, 3.05) is 12.4 Å². The molecule has 0 aliphatic heterocycles. The first-order valence-corrected chi connectivity index (χ1v) is 9.64. The highest BCUT2D eigenvalue weighted by Gasteiger charge is 2.19. The minimum atomic E-state index is -0.295. The van der Waals surface area contributed by atoms with Gasteiger partial charge in [-0.2, -0.15) is 0 Å². The van der Waals surface area contributed by atoms with Crippen LogP contribution >= 0.6 is 0 Å². The van der Waals surface area contributed by atoms with Gasteiger partial charge in [0.05, 0.1) is 18.2 Å². The van der Waals surface area contributed by atoms with Crippen LogP contribution in [-0.2, 0) is 7.05 Å². The second-order valence-corrected chi connectivity index (χ2v) is 7.18. The number of aromatic nitrogens is 1. The summed E-state index contributed by atoms with van der Waals surface area (Å²) in [6.45, 7) is 1.98. The lowest BCUT2D eigenvalue weighted by Gasteiger charge is -2.18. The average molecular weight is 398 g/mol. The van der Waals surface area contributed by atoms with Crippen LogP contribution in [0.4, 0.5) is 5.82 Å². The van der Waals surface area contributed by atoms with Gasteiger partial charge >= 0.3 is 0 Å². The highest BCUT2D eigenvalue weighted by atomic mass is 16.5. The van der Waals surface area contributed by atoms with Crippen LogP contribution in [0.25, 0.3) is 22.0 Å². The summed E-state index contributed by atoms with van der Waals surface area (Å²) >= 11 is 0. The van der Waals surface area contributed by atoms with E-state index in [0.29, 0.717) is 28.1 Å². The molecule has 4 rings (SSSR count). The minimum absolute atomic E-state index is 0.112. The van der Waals surface area contributed by atoms with Crippen LogP contribution in [0.1, 0.15) is 15.9 Å². The Bertz CT molecular complexity index is 1300. The standard InChI is InChI=1S/C25H22N2O3/c1-16-7-6-8-18(15-16)22-23(28)20-9-4-5-10-21(20)27(2)24(22)26-25(29)17-11-13-19(30-3)14-12-17/h4-15H,1-3H3,(H,26,29). The molecule has 3 aromatic carbocycles. The Hall–Kier alpha value is -3.86. The summed E-state index contributed by atoms with van der Waals surface area (Å²) in [7, 11) is 3.43. The average Bonchev–Trinajstić information content (AvgIpc) is 2.77. The van der Waals surface area contributed by atoms with Gasteiger partial charge in [-0.25, -0.2) is 0 Å². The minimum Gasteiger partial charge on any atom is -0.497 e. The van der Waals surface area contributed by atoms with E-state index in [4.69, 9.17) is 4.74 Å². The largest absolute Gasteiger partial charge is 0.497 e. The molecule has 0 bridgehead atoms. The summed E-state index contributed by atoms with van der Waals surface area (Å²) in [4.78, 5) is 26.4. The molecule has 0 aliphatic rings. The molecule has 30 heavy (non-hydrogen) atoms. The van der Waals surface area contributed by atoms with Crippen molar-refractivity contribution in [3.05, 3.63) is 94.1 Å². The Balaban J connectivity index is 1.91. The van der Waals surface area contributed by atoms with Crippen molar-refractivity contribution in [3.63, 3.8) is 0 Å². The fourth-order valence-electron chi connectivity index (χ4n) is 3.63. The Morgan fingerprint density at radius 1 is 0.967 bits per heavy atom. The van der Waals surface area contributed by atoms with Crippen LogP contribution < -0.4 is 15.5 Å². The molecule has 0 radical (unpaired) electrons. The van der Waals surface area contributed by atoms with Crippen molar-refractivity contribution in [1.29, 1.82) is 0 Å². The molecule has 150 valence electrons. The molecule has 0 saturated heterocycles. The van der Waals surface area contributed by atoms with Crippen LogP contribution in [0.2, 0.25) is 0 Å². The van der Waals surface area contributed by atoms with E-state index in [-0.39, 0.29) is 11.3 Å². The normalized spacial score (nSPS) is 10.8. The number of carbonyl (C=O) groups excluding carboxylic acids is 1. The molecule has 0 saturated carbocycles. The van der Waals surface area contributed by atoms with E-state index in [1.165, 1.54) is 0 Å². The van der Waals surface area contributed by atoms with E-state index < -0.39 is 0 Å². The van der Waals surface area contributed by atoms with Crippen molar-refractivity contribution in [1.82, 2.24) is 4.57 Å². The first kappa shape index (κ1) is 19.5. The highest BCUT2D eigenvalue weighted by molar-refractivity contribution is 6.07. The van der Waals surface area contributed by atoms with Crippen molar-refractivity contribution in [3.8, 4) is 16.9 Å². The summed E-state index contributed by atoms with van der Waals surface area (Å²) in [5, 5.41) is 3.58. The fraction of sp³-hybridized carbons (Fsp3) is 0.120. The lowest BCUT2D eigenvalue weighted by molar-refractivity contribution is 0.102. The zero-order valence-electron chi connectivity index (χ0n) is 17.1. The molecule has 1 aromatic heterocycles. The van der Waals surface area contributed by atoms with Gasteiger partial charge < -0.3 is 14.6 Å². The van der Waals surface area contributed by atoms with Crippen LogP contribution in [-0.4, -0.2) is 17.6 Å². The van der Waals surface area contributed by atoms with Gasteiger partial charge in [0.1, 0.15) is 11.6 Å². The number of methoxy groups -OCH3 is 1. The predicted octanol–water partition coefficient (Wildman–Crippen LogP) is 4.77. The molecular weight excluding hydrogens is 376 g/mol. The van der Waals surface area contributed by atoms with Gasteiger partial charge in [-0.1, -0.05) is 42.0 Å². The Kier molecular flexibility index (Phi) is 5.11. The quantitative estimate of drug-likeness (QED) is 0.538. The number of pyridine rings is 1. The van der Waals surface area contributed by atoms with Gasteiger partial charge in [-0.05, 0) is 48.9 Å². The summed E-state index contributed by atoms with van der Waals surface area (Å²) in [6, 6.07) is 22.0. The number of para-hydroxylation sites is 1. The third kappa shape index (κ3) is 3.46. The zero-order valence-corrected chi connectivity index (χ0v) is 17.1. The molecule has 4 aromatic rings. The Labute approximate surface area is 174 Å². The van der Waals surface area contributed by atoms with E-state index >= 15 is 0 Å². The number of amides is 1. The molecule has 0 unspecified atom stereocenters. The third-order valence-corrected chi connectivity index (χ3v) is 5.20. The number of hydrogen-bond donors (Lipinski definition) is 1. The van der Waals surface area contributed by atoms with Gasteiger partial charge in [-0.15, -0.1) is 0 Å². The van der Waals surface area contributed by atoms with E-state index in [2.05, 4.69) is 5.32 Å². The van der Waals surface area contributed by atoms with E-state index in [1.807, 2.05) is 67.1 Å². The molecule has 1 amide bonds. The molecule has 5 heteroatoms. The molecule has 0 fully saturated rings. The summed E-state index contributed by atoms with van der Waals surface area (Å²) in [5.41, 5.74) is 3.40. The van der Waals surface area contributed by atoms with Crippen molar-refractivity contribution in [2.24, 2.45) is 7.05 Å². The SMILES string of the molecule is COc1ccc(C(=O)Nc2c(-c3cccc(C)c3)c(=O)c3ccccc3n2C)cc1. The van der Waals surface area contributed by atoms with Crippen LogP contribution in [0.15, 0.2) is 77.6 Å². The predicted molar refractivity (Wildman–Crippen MR) is 120 cm³/mol. The summed E-state index contributed by atoms with van der Waals surface area (Å²) in [5.74, 6) is 0.840. The van der Waals surface area contributed by atoms with Crippen LogP contribution in [0.5, 0.6) is 5.75 Å².